The minimum atomic E-state index is 0.177. The third-order valence-electron chi connectivity index (χ3n) is 2.11. The van der Waals surface area contributed by atoms with E-state index in [1.807, 2.05) is 6.92 Å². The molecule has 0 spiro atoms. The van der Waals surface area contributed by atoms with E-state index < -0.39 is 0 Å². The predicted octanol–water partition coefficient (Wildman–Crippen LogP) is 3.90. The van der Waals surface area contributed by atoms with Crippen molar-refractivity contribution in [2.24, 2.45) is 5.73 Å². The fraction of sp³-hybridized carbons (Fsp3) is 0.600. The van der Waals surface area contributed by atoms with Crippen LogP contribution in [0.5, 0.6) is 0 Å². The van der Waals surface area contributed by atoms with E-state index in [2.05, 4.69) is 13.0 Å². The van der Waals surface area contributed by atoms with Gasteiger partial charge in [0.2, 0.25) is 0 Å². The highest BCUT2D eigenvalue weighted by Gasteiger charge is 2.10. The standard InChI is InChI=1S/C10H16ClNS/c1-3-4-5-8(12)9-6-7(2)10(11)13-9/h6,8H,3-5,12H2,1-2H3. The van der Waals surface area contributed by atoms with Gasteiger partial charge in [-0.05, 0) is 25.0 Å². The Hall–Kier alpha value is -0.0500. The Morgan fingerprint density at radius 1 is 1.62 bits per heavy atom. The Kier molecular flexibility index (Phi) is 4.23. The van der Waals surface area contributed by atoms with Crippen LogP contribution in [0.2, 0.25) is 4.34 Å². The van der Waals surface area contributed by atoms with E-state index in [0.29, 0.717) is 0 Å². The molecule has 0 radical (unpaired) electrons. The molecule has 1 aromatic heterocycles. The van der Waals surface area contributed by atoms with Crippen molar-refractivity contribution >= 4 is 22.9 Å². The fourth-order valence-electron chi connectivity index (χ4n) is 1.23. The van der Waals surface area contributed by atoms with Crippen molar-refractivity contribution in [1.82, 2.24) is 0 Å². The Balaban J connectivity index is 2.60. The largest absolute Gasteiger partial charge is 0.323 e. The average Bonchev–Trinajstić information content (AvgIpc) is 2.43. The van der Waals surface area contributed by atoms with Gasteiger partial charge in [0.05, 0.1) is 4.34 Å². The quantitative estimate of drug-likeness (QED) is 0.814. The SMILES string of the molecule is CCCCC(N)c1cc(C)c(Cl)s1. The third kappa shape index (κ3) is 2.97. The summed E-state index contributed by atoms with van der Waals surface area (Å²) in [6, 6.07) is 2.28. The highest BCUT2D eigenvalue weighted by Crippen LogP contribution is 2.31. The number of rotatable bonds is 4. The lowest BCUT2D eigenvalue weighted by Gasteiger charge is -2.07. The van der Waals surface area contributed by atoms with Crippen molar-refractivity contribution in [3.05, 3.63) is 20.8 Å². The second kappa shape index (κ2) is 4.99. The zero-order chi connectivity index (χ0) is 9.84. The zero-order valence-electron chi connectivity index (χ0n) is 8.14. The van der Waals surface area contributed by atoms with Crippen LogP contribution in [0.4, 0.5) is 0 Å². The van der Waals surface area contributed by atoms with Crippen molar-refractivity contribution in [2.75, 3.05) is 0 Å². The number of hydrogen-bond donors (Lipinski definition) is 1. The molecule has 0 amide bonds. The Morgan fingerprint density at radius 2 is 2.31 bits per heavy atom. The molecule has 0 aliphatic rings. The molecule has 0 saturated carbocycles. The molecule has 3 heteroatoms. The van der Waals surface area contributed by atoms with Crippen LogP contribution in [-0.4, -0.2) is 0 Å². The second-order valence-corrected chi connectivity index (χ2v) is 5.04. The van der Waals surface area contributed by atoms with E-state index >= 15 is 0 Å². The highest BCUT2D eigenvalue weighted by molar-refractivity contribution is 7.16. The molecule has 1 heterocycles. The van der Waals surface area contributed by atoms with Crippen molar-refractivity contribution in [2.45, 2.75) is 39.2 Å². The summed E-state index contributed by atoms with van der Waals surface area (Å²) in [6.45, 7) is 4.20. The molecule has 1 atom stereocenters. The van der Waals surface area contributed by atoms with E-state index in [1.165, 1.54) is 17.7 Å². The van der Waals surface area contributed by atoms with Crippen LogP contribution in [0.3, 0.4) is 0 Å². The molecule has 74 valence electrons. The van der Waals surface area contributed by atoms with E-state index in [9.17, 15) is 0 Å². The Labute approximate surface area is 88.9 Å². The van der Waals surface area contributed by atoms with Gasteiger partial charge in [-0.2, -0.15) is 0 Å². The molecule has 2 N–H and O–H groups in total. The maximum atomic E-state index is 6.02. The van der Waals surface area contributed by atoms with E-state index in [-0.39, 0.29) is 6.04 Å². The first kappa shape index (κ1) is 11.0. The number of nitrogens with two attached hydrogens (primary N) is 1. The van der Waals surface area contributed by atoms with Crippen molar-refractivity contribution in [3.8, 4) is 0 Å². The van der Waals surface area contributed by atoms with E-state index in [1.54, 1.807) is 11.3 Å². The van der Waals surface area contributed by atoms with Gasteiger partial charge in [-0.1, -0.05) is 31.4 Å². The van der Waals surface area contributed by atoms with Gasteiger partial charge in [0.1, 0.15) is 0 Å². The summed E-state index contributed by atoms with van der Waals surface area (Å²) in [4.78, 5) is 1.22. The molecule has 0 aliphatic carbocycles. The maximum Gasteiger partial charge on any atom is 0.0960 e. The summed E-state index contributed by atoms with van der Waals surface area (Å²) in [5.41, 5.74) is 7.16. The van der Waals surface area contributed by atoms with Crippen molar-refractivity contribution in [1.29, 1.82) is 0 Å². The summed E-state index contributed by atoms with van der Waals surface area (Å²) < 4.78 is 0.877. The zero-order valence-corrected chi connectivity index (χ0v) is 9.71. The molecule has 1 rings (SSSR count). The molecule has 0 fully saturated rings. The molecule has 1 aromatic rings. The van der Waals surface area contributed by atoms with E-state index in [4.69, 9.17) is 17.3 Å². The van der Waals surface area contributed by atoms with Gasteiger partial charge < -0.3 is 5.73 Å². The minimum absolute atomic E-state index is 0.177. The van der Waals surface area contributed by atoms with Gasteiger partial charge in [-0.3, -0.25) is 0 Å². The van der Waals surface area contributed by atoms with Gasteiger partial charge in [0, 0.05) is 10.9 Å². The van der Waals surface area contributed by atoms with E-state index in [0.717, 1.165) is 16.3 Å². The predicted molar refractivity (Wildman–Crippen MR) is 60.5 cm³/mol. The third-order valence-corrected chi connectivity index (χ3v) is 3.80. The van der Waals surface area contributed by atoms with Gasteiger partial charge >= 0.3 is 0 Å². The Morgan fingerprint density at radius 3 is 2.77 bits per heavy atom. The molecule has 13 heavy (non-hydrogen) atoms. The minimum Gasteiger partial charge on any atom is -0.323 e. The normalized spacial score (nSPS) is 13.2. The molecule has 1 nitrogen and oxygen atoms in total. The van der Waals surface area contributed by atoms with Crippen molar-refractivity contribution < 1.29 is 0 Å². The van der Waals surface area contributed by atoms with Crippen LogP contribution in [0.25, 0.3) is 0 Å². The van der Waals surface area contributed by atoms with Crippen LogP contribution >= 0.6 is 22.9 Å². The average molecular weight is 218 g/mol. The first-order chi connectivity index (χ1) is 6.15. The highest BCUT2D eigenvalue weighted by atomic mass is 35.5. The van der Waals surface area contributed by atoms with Crippen LogP contribution in [0.15, 0.2) is 6.07 Å². The summed E-state index contributed by atoms with van der Waals surface area (Å²) in [5, 5.41) is 0. The summed E-state index contributed by atoms with van der Waals surface area (Å²) >= 11 is 7.58. The lowest BCUT2D eigenvalue weighted by atomic mass is 10.1. The molecular weight excluding hydrogens is 202 g/mol. The number of hydrogen-bond acceptors (Lipinski definition) is 2. The lowest BCUT2D eigenvalue weighted by molar-refractivity contribution is 0.611. The van der Waals surface area contributed by atoms with Gasteiger partial charge in [-0.25, -0.2) is 0 Å². The number of unbranched alkanes of at least 4 members (excludes halogenated alkanes) is 1. The van der Waals surface area contributed by atoms with Gasteiger partial charge in [0.25, 0.3) is 0 Å². The molecular formula is C10H16ClNS. The number of halogens is 1. The van der Waals surface area contributed by atoms with Gasteiger partial charge in [-0.15, -0.1) is 11.3 Å². The smallest absolute Gasteiger partial charge is 0.0960 e. The van der Waals surface area contributed by atoms with Crippen LogP contribution in [0, 0.1) is 6.92 Å². The Bertz CT molecular complexity index is 250. The van der Waals surface area contributed by atoms with Crippen molar-refractivity contribution in [3.63, 3.8) is 0 Å². The first-order valence-corrected chi connectivity index (χ1v) is 5.86. The monoisotopic (exact) mass is 217 g/mol. The fourth-order valence-corrected chi connectivity index (χ4v) is 2.49. The first-order valence-electron chi connectivity index (χ1n) is 4.66. The lowest BCUT2D eigenvalue weighted by Crippen LogP contribution is -2.07. The molecule has 0 aliphatic heterocycles. The van der Waals surface area contributed by atoms with Crippen LogP contribution in [0.1, 0.15) is 42.7 Å². The number of aryl methyl sites for hydroxylation is 1. The second-order valence-electron chi connectivity index (χ2n) is 3.35. The number of thiophene rings is 1. The summed E-state index contributed by atoms with van der Waals surface area (Å²) in [5.74, 6) is 0. The molecule has 0 bridgehead atoms. The molecule has 1 unspecified atom stereocenters. The molecule has 0 saturated heterocycles. The van der Waals surface area contributed by atoms with Crippen LogP contribution < -0.4 is 5.73 Å². The topological polar surface area (TPSA) is 26.0 Å². The molecule has 0 aromatic carbocycles. The summed E-state index contributed by atoms with van der Waals surface area (Å²) in [7, 11) is 0. The van der Waals surface area contributed by atoms with Crippen LogP contribution in [-0.2, 0) is 0 Å². The maximum absolute atomic E-state index is 6.02. The summed E-state index contributed by atoms with van der Waals surface area (Å²) in [6.07, 6.45) is 3.45. The van der Waals surface area contributed by atoms with Gasteiger partial charge in [0.15, 0.2) is 0 Å².